The first-order valence-electron chi connectivity index (χ1n) is 4.22. The number of aromatic amines is 1. The first-order chi connectivity index (χ1) is 6.72. The smallest absolute Gasteiger partial charge is 0.0925 e. The minimum atomic E-state index is 0.369. The average Bonchev–Trinajstić information content (AvgIpc) is 2.51. The summed E-state index contributed by atoms with van der Waals surface area (Å²) in [7, 11) is 0. The monoisotopic (exact) mass is 205 g/mol. The lowest BCUT2D eigenvalue weighted by Gasteiger charge is -1.97. The normalized spacial score (nSPS) is 10.4. The molecule has 0 fully saturated rings. The molecule has 0 aliphatic heterocycles. The third kappa shape index (κ3) is 1.34. The second kappa shape index (κ2) is 3.32. The zero-order valence-corrected chi connectivity index (χ0v) is 8.39. The van der Waals surface area contributed by atoms with Gasteiger partial charge >= 0.3 is 0 Å². The number of halogens is 1. The zero-order chi connectivity index (χ0) is 10.1. The molecule has 2 aromatic rings. The molecule has 0 amide bonds. The second-order valence-electron chi connectivity index (χ2n) is 3.10. The van der Waals surface area contributed by atoms with Gasteiger partial charge in [-0.05, 0) is 13.0 Å². The first kappa shape index (κ1) is 9.04. The number of nitrogens with zero attached hydrogens (tertiary/aromatic N) is 2. The molecular formula is C10H8ClN3. The number of H-pyrrole nitrogens is 1. The lowest BCUT2D eigenvalue weighted by Crippen LogP contribution is -1.86. The third-order valence-corrected chi connectivity index (χ3v) is 2.51. The molecule has 0 aliphatic carbocycles. The molecule has 1 N–H and O–H groups in total. The Balaban J connectivity index is 2.69. The number of rotatable bonds is 1. The molecule has 0 spiro atoms. The van der Waals surface area contributed by atoms with Crippen molar-refractivity contribution in [1.29, 1.82) is 5.26 Å². The Hall–Kier alpha value is -1.53. The summed E-state index contributed by atoms with van der Waals surface area (Å²) in [5.74, 6) is 0. The van der Waals surface area contributed by atoms with Crippen molar-refractivity contribution in [2.45, 2.75) is 13.3 Å². The molecule has 0 radical (unpaired) electrons. The molecule has 14 heavy (non-hydrogen) atoms. The summed E-state index contributed by atoms with van der Waals surface area (Å²) in [6.45, 7) is 1.85. The molecule has 0 aromatic carbocycles. The lowest BCUT2D eigenvalue weighted by atomic mass is 10.2. The van der Waals surface area contributed by atoms with Crippen LogP contribution in [0.1, 0.15) is 11.3 Å². The molecule has 2 heterocycles. The number of nitrogens with one attached hydrogen (secondary N) is 1. The average molecular weight is 206 g/mol. The van der Waals surface area contributed by atoms with E-state index in [1.54, 1.807) is 6.20 Å². The van der Waals surface area contributed by atoms with Crippen molar-refractivity contribution in [3.8, 4) is 6.07 Å². The van der Waals surface area contributed by atoms with Crippen molar-refractivity contribution in [2.75, 3.05) is 0 Å². The molecule has 70 valence electrons. The van der Waals surface area contributed by atoms with E-state index >= 15 is 0 Å². The van der Waals surface area contributed by atoms with Crippen molar-refractivity contribution in [2.24, 2.45) is 0 Å². The summed E-state index contributed by atoms with van der Waals surface area (Å²) in [6.07, 6.45) is 2.17. The summed E-state index contributed by atoms with van der Waals surface area (Å²) < 4.78 is 0. The fourth-order valence-corrected chi connectivity index (χ4v) is 1.54. The molecule has 3 nitrogen and oxygen atoms in total. The lowest BCUT2D eigenvalue weighted by molar-refractivity contribution is 1.22. The van der Waals surface area contributed by atoms with Gasteiger partial charge in [0, 0.05) is 11.8 Å². The summed E-state index contributed by atoms with van der Waals surface area (Å²) in [5.41, 5.74) is 3.43. The van der Waals surface area contributed by atoms with Crippen LogP contribution in [-0.4, -0.2) is 9.97 Å². The minimum Gasteiger partial charge on any atom is -0.359 e. The van der Waals surface area contributed by atoms with E-state index < -0.39 is 0 Å². The zero-order valence-electron chi connectivity index (χ0n) is 7.63. The molecule has 2 aromatic heterocycles. The van der Waals surface area contributed by atoms with Crippen LogP contribution in [0.15, 0.2) is 12.3 Å². The maximum Gasteiger partial charge on any atom is 0.0925 e. The van der Waals surface area contributed by atoms with Crippen LogP contribution in [0.4, 0.5) is 0 Å². The van der Waals surface area contributed by atoms with Gasteiger partial charge in [0.25, 0.3) is 0 Å². The van der Waals surface area contributed by atoms with E-state index in [-0.39, 0.29) is 0 Å². The van der Waals surface area contributed by atoms with E-state index in [1.165, 1.54) is 0 Å². The van der Waals surface area contributed by atoms with Crippen molar-refractivity contribution >= 4 is 22.6 Å². The molecule has 2 rings (SSSR count). The number of hydrogen-bond acceptors (Lipinski definition) is 2. The van der Waals surface area contributed by atoms with Gasteiger partial charge in [0.05, 0.1) is 34.2 Å². The number of aryl methyl sites for hydroxylation is 1. The number of nitriles is 1. The Morgan fingerprint density at radius 3 is 3.14 bits per heavy atom. The van der Waals surface area contributed by atoms with Gasteiger partial charge in [-0.15, -0.1) is 0 Å². The first-order valence-corrected chi connectivity index (χ1v) is 4.60. The molecule has 0 saturated carbocycles. The Kier molecular flexibility index (Phi) is 2.14. The second-order valence-corrected chi connectivity index (χ2v) is 3.51. The van der Waals surface area contributed by atoms with Crippen molar-refractivity contribution in [3.05, 3.63) is 28.5 Å². The van der Waals surface area contributed by atoms with E-state index in [2.05, 4.69) is 16.0 Å². The topological polar surface area (TPSA) is 52.5 Å². The predicted octanol–water partition coefficient (Wildman–Crippen LogP) is 2.59. The number of pyridine rings is 1. The highest BCUT2D eigenvalue weighted by Crippen LogP contribution is 2.22. The summed E-state index contributed by atoms with van der Waals surface area (Å²) in [4.78, 5) is 7.38. The van der Waals surface area contributed by atoms with Crippen LogP contribution in [0.3, 0.4) is 0 Å². The molecule has 0 atom stereocenters. The Morgan fingerprint density at radius 1 is 1.64 bits per heavy atom. The molecule has 0 bridgehead atoms. The van der Waals surface area contributed by atoms with Crippen LogP contribution in [0, 0.1) is 18.3 Å². The number of fused-ring (bicyclic) bond motifs is 1. The highest BCUT2D eigenvalue weighted by molar-refractivity contribution is 6.31. The summed E-state index contributed by atoms with van der Waals surface area (Å²) in [5, 5.41) is 9.25. The van der Waals surface area contributed by atoms with Crippen LogP contribution < -0.4 is 0 Å². The minimum absolute atomic E-state index is 0.369. The van der Waals surface area contributed by atoms with Crippen LogP contribution in [0.5, 0.6) is 0 Å². The fraction of sp³-hybridized carbons (Fsp3) is 0.200. The Labute approximate surface area is 86.3 Å². The van der Waals surface area contributed by atoms with Crippen LogP contribution in [0.25, 0.3) is 11.0 Å². The van der Waals surface area contributed by atoms with E-state index in [4.69, 9.17) is 16.9 Å². The predicted molar refractivity (Wildman–Crippen MR) is 55.2 cm³/mol. The molecule has 0 saturated heterocycles. The maximum absolute atomic E-state index is 8.60. The third-order valence-electron chi connectivity index (χ3n) is 2.13. The summed E-state index contributed by atoms with van der Waals surface area (Å²) in [6, 6.07) is 3.94. The van der Waals surface area contributed by atoms with Crippen molar-refractivity contribution in [1.82, 2.24) is 9.97 Å². The number of aromatic nitrogens is 2. The van der Waals surface area contributed by atoms with E-state index in [9.17, 15) is 0 Å². The molecule has 4 heteroatoms. The van der Waals surface area contributed by atoms with Crippen LogP contribution in [0.2, 0.25) is 5.02 Å². The van der Waals surface area contributed by atoms with Gasteiger partial charge in [0.15, 0.2) is 0 Å². The maximum atomic E-state index is 8.60. The van der Waals surface area contributed by atoms with Crippen molar-refractivity contribution in [3.63, 3.8) is 0 Å². The van der Waals surface area contributed by atoms with Gasteiger partial charge in [-0.3, -0.25) is 0 Å². The van der Waals surface area contributed by atoms with Gasteiger partial charge in [0.2, 0.25) is 0 Å². The largest absolute Gasteiger partial charge is 0.359 e. The fourth-order valence-electron chi connectivity index (χ4n) is 1.39. The SMILES string of the molecule is Cc1nc2c(CC#N)c[nH]c2cc1Cl. The molecule has 0 unspecified atom stereocenters. The quantitative estimate of drug-likeness (QED) is 0.778. The van der Waals surface area contributed by atoms with Gasteiger partial charge in [-0.1, -0.05) is 11.6 Å². The standard InChI is InChI=1S/C10H8ClN3/c1-6-8(11)4-9-10(14-6)7(2-3-12)5-13-9/h4-5,13H,2H2,1H3. The Morgan fingerprint density at radius 2 is 2.43 bits per heavy atom. The highest BCUT2D eigenvalue weighted by Gasteiger charge is 2.07. The van der Waals surface area contributed by atoms with E-state index in [0.717, 1.165) is 22.3 Å². The van der Waals surface area contributed by atoms with Crippen molar-refractivity contribution < 1.29 is 0 Å². The van der Waals surface area contributed by atoms with Gasteiger partial charge < -0.3 is 4.98 Å². The van der Waals surface area contributed by atoms with E-state index in [1.807, 2.05) is 13.0 Å². The van der Waals surface area contributed by atoms with Gasteiger partial charge in [-0.25, -0.2) is 4.98 Å². The van der Waals surface area contributed by atoms with Crippen LogP contribution >= 0.6 is 11.6 Å². The van der Waals surface area contributed by atoms with Gasteiger partial charge in [-0.2, -0.15) is 5.26 Å². The number of hydrogen-bond donors (Lipinski definition) is 1. The van der Waals surface area contributed by atoms with E-state index in [0.29, 0.717) is 11.4 Å². The molecular weight excluding hydrogens is 198 g/mol. The highest BCUT2D eigenvalue weighted by atomic mass is 35.5. The van der Waals surface area contributed by atoms with Gasteiger partial charge in [0.1, 0.15) is 0 Å². The summed E-state index contributed by atoms with van der Waals surface area (Å²) >= 11 is 5.93. The molecule has 0 aliphatic rings. The Bertz CT molecular complexity index is 522. The van der Waals surface area contributed by atoms with Crippen LogP contribution in [-0.2, 0) is 6.42 Å².